The number of rotatable bonds is 1. The third-order valence-corrected chi connectivity index (χ3v) is 7.61. The molecule has 0 saturated carbocycles. The van der Waals surface area contributed by atoms with Crippen LogP contribution in [0.2, 0.25) is 0 Å². The smallest absolute Gasteiger partial charge is 0.0129 e. The van der Waals surface area contributed by atoms with Crippen molar-refractivity contribution < 1.29 is 0 Å². The zero-order valence-corrected chi connectivity index (χ0v) is 27.6. The fourth-order valence-electron chi connectivity index (χ4n) is 5.65. The highest BCUT2D eigenvalue weighted by atomic mass is 14.3. The Balaban J connectivity index is 0.000000281. The molecule has 0 bridgehead atoms. The summed E-state index contributed by atoms with van der Waals surface area (Å²) in [6.07, 6.45) is 0. The molecule has 0 amide bonds. The first kappa shape index (κ1) is 31.9. The molecule has 3 aromatic carbocycles. The predicted molar refractivity (Wildman–Crippen MR) is 172 cm³/mol. The Labute approximate surface area is 236 Å². The minimum absolute atomic E-state index is 0.178. The van der Waals surface area contributed by atoms with Crippen LogP contribution in [-0.4, -0.2) is 0 Å². The summed E-state index contributed by atoms with van der Waals surface area (Å²) >= 11 is 0. The van der Waals surface area contributed by atoms with Gasteiger partial charge in [0.15, 0.2) is 0 Å². The van der Waals surface area contributed by atoms with Crippen LogP contribution in [0.1, 0.15) is 128 Å². The van der Waals surface area contributed by atoms with Crippen molar-refractivity contribution in [2.24, 2.45) is 0 Å². The molecule has 208 valence electrons. The van der Waals surface area contributed by atoms with Crippen molar-refractivity contribution in [2.75, 3.05) is 0 Å². The van der Waals surface area contributed by atoms with E-state index in [2.05, 4.69) is 159 Å². The van der Waals surface area contributed by atoms with Crippen molar-refractivity contribution in [3.05, 3.63) is 93.0 Å². The Morgan fingerprint density at radius 1 is 0.316 bits per heavy atom. The highest BCUT2D eigenvalue weighted by molar-refractivity contribution is 5.67. The molecule has 0 atom stereocenters. The van der Waals surface area contributed by atoms with Gasteiger partial charge in [-0.2, -0.15) is 0 Å². The van der Waals surface area contributed by atoms with Crippen LogP contribution in [0.5, 0.6) is 0 Å². The van der Waals surface area contributed by atoms with Crippen molar-refractivity contribution >= 4 is 0 Å². The van der Waals surface area contributed by atoms with Gasteiger partial charge in [-0.05, 0) is 105 Å². The lowest BCUT2D eigenvalue weighted by Gasteiger charge is -2.28. The van der Waals surface area contributed by atoms with Crippen LogP contribution in [0.4, 0.5) is 0 Å². The molecule has 38 heavy (non-hydrogen) atoms. The number of benzene rings is 3. The van der Waals surface area contributed by atoms with E-state index in [0.717, 1.165) is 0 Å². The molecule has 0 fully saturated rings. The summed E-state index contributed by atoms with van der Waals surface area (Å²) < 4.78 is 0. The first-order valence-corrected chi connectivity index (χ1v) is 14.4. The number of aryl methyl sites for hydroxylation is 4. The van der Waals surface area contributed by atoms with E-state index in [4.69, 9.17) is 0 Å². The van der Waals surface area contributed by atoms with E-state index in [-0.39, 0.29) is 21.7 Å². The molecule has 0 nitrogen and oxygen atoms in total. The van der Waals surface area contributed by atoms with Gasteiger partial charge in [-0.1, -0.05) is 132 Å². The zero-order chi connectivity index (χ0) is 29.4. The van der Waals surface area contributed by atoms with Crippen LogP contribution in [0.15, 0.2) is 48.5 Å². The lowest BCUT2D eigenvalue weighted by Crippen LogP contribution is -2.18. The van der Waals surface area contributed by atoms with Crippen molar-refractivity contribution in [1.29, 1.82) is 0 Å². The average Bonchev–Trinajstić information content (AvgIpc) is 2.73. The fourth-order valence-corrected chi connectivity index (χ4v) is 5.65. The van der Waals surface area contributed by atoms with Crippen LogP contribution in [0.3, 0.4) is 0 Å². The molecule has 0 N–H and O–H groups in total. The van der Waals surface area contributed by atoms with Crippen molar-refractivity contribution in [3.63, 3.8) is 0 Å². The highest BCUT2D eigenvalue weighted by Crippen LogP contribution is 2.35. The number of hydrogen-bond acceptors (Lipinski definition) is 0. The molecule has 0 aliphatic carbocycles. The first-order chi connectivity index (χ1) is 17.0. The molecule has 0 radical (unpaired) electrons. The van der Waals surface area contributed by atoms with E-state index in [9.17, 15) is 0 Å². The van der Waals surface area contributed by atoms with E-state index in [1.54, 1.807) is 0 Å². The van der Waals surface area contributed by atoms with E-state index in [1.165, 1.54) is 55.6 Å². The molecule has 0 unspecified atom stereocenters. The monoisotopic (exact) mass is 512 g/mol. The number of hydrogen-bond donors (Lipinski definition) is 0. The van der Waals surface area contributed by atoms with Crippen molar-refractivity contribution in [1.82, 2.24) is 0 Å². The first-order valence-electron chi connectivity index (χ1n) is 14.4. The van der Waals surface area contributed by atoms with Gasteiger partial charge in [-0.3, -0.25) is 0 Å². The molecule has 0 heteroatoms. The summed E-state index contributed by atoms with van der Waals surface area (Å²) in [4.78, 5) is 0. The van der Waals surface area contributed by atoms with Gasteiger partial charge in [0.1, 0.15) is 0 Å². The Hall–Kier alpha value is -2.34. The summed E-state index contributed by atoms with van der Waals surface area (Å²) in [5, 5.41) is 0. The Bertz CT molecular complexity index is 1150. The Morgan fingerprint density at radius 2 is 0.553 bits per heavy atom. The van der Waals surface area contributed by atoms with Crippen LogP contribution in [-0.2, 0) is 21.7 Å². The molecular weight excluding hydrogens is 456 g/mol. The second-order valence-corrected chi connectivity index (χ2v) is 15.5. The van der Waals surface area contributed by atoms with Crippen LogP contribution in [0.25, 0.3) is 11.1 Å². The van der Waals surface area contributed by atoms with Crippen LogP contribution in [0, 0.1) is 27.7 Å². The standard InChI is InChI=1S/C22H30.C16H26/c1-15-9-11-17(13-19(15)21(3,4)5)18-12-10-16(2)20(14-18)22(6,7)8;1-11-9-14(16(6,7)8)12(2)10-13(11)15(3,4)5/h9-14H,1-8H3;9-10H,1-8H3. The fraction of sp³-hybridized carbons (Fsp3) is 0.526. The summed E-state index contributed by atoms with van der Waals surface area (Å²) in [5.41, 5.74) is 14.9. The van der Waals surface area contributed by atoms with Gasteiger partial charge < -0.3 is 0 Å². The summed E-state index contributed by atoms with van der Waals surface area (Å²) in [5.74, 6) is 0. The summed E-state index contributed by atoms with van der Waals surface area (Å²) in [6, 6.07) is 18.5. The molecule has 3 aromatic rings. The maximum Gasteiger partial charge on any atom is -0.0129 e. The average molecular weight is 513 g/mol. The minimum Gasteiger partial charge on any atom is -0.0584 e. The lowest BCUT2D eigenvalue weighted by atomic mass is 9.77. The predicted octanol–water partition coefficient (Wildman–Crippen LogP) is 11.5. The molecule has 0 aliphatic heterocycles. The summed E-state index contributed by atoms with van der Waals surface area (Å²) in [7, 11) is 0. The van der Waals surface area contributed by atoms with Crippen molar-refractivity contribution in [3.8, 4) is 11.1 Å². The van der Waals surface area contributed by atoms with Gasteiger partial charge in [0.05, 0.1) is 0 Å². The molecule has 0 saturated heterocycles. The quantitative estimate of drug-likeness (QED) is 0.304. The second kappa shape index (κ2) is 11.0. The van der Waals surface area contributed by atoms with E-state index in [0.29, 0.717) is 0 Å². The topological polar surface area (TPSA) is 0 Å². The van der Waals surface area contributed by atoms with Crippen LogP contribution >= 0.6 is 0 Å². The van der Waals surface area contributed by atoms with E-state index < -0.39 is 0 Å². The maximum atomic E-state index is 2.37. The van der Waals surface area contributed by atoms with Crippen LogP contribution < -0.4 is 0 Å². The molecular formula is C38H56. The van der Waals surface area contributed by atoms with E-state index >= 15 is 0 Å². The third-order valence-electron chi connectivity index (χ3n) is 7.61. The molecule has 0 aliphatic rings. The van der Waals surface area contributed by atoms with Gasteiger partial charge in [0, 0.05) is 0 Å². The molecule has 3 rings (SSSR count). The molecule has 0 aromatic heterocycles. The summed E-state index contributed by atoms with van der Waals surface area (Å²) in [6.45, 7) is 36.3. The normalized spacial score (nSPS) is 12.7. The highest BCUT2D eigenvalue weighted by Gasteiger charge is 2.22. The molecule has 0 heterocycles. The minimum atomic E-state index is 0.178. The van der Waals surface area contributed by atoms with Gasteiger partial charge >= 0.3 is 0 Å². The largest absolute Gasteiger partial charge is 0.0584 e. The van der Waals surface area contributed by atoms with Gasteiger partial charge in [0.25, 0.3) is 0 Å². The SMILES string of the molecule is Cc1cc(C(C)(C)C)c(C)cc1C(C)(C)C.Cc1ccc(-c2ccc(C)c(C(C)(C)C)c2)cc1C(C)(C)C. The van der Waals surface area contributed by atoms with Gasteiger partial charge in [-0.25, -0.2) is 0 Å². The van der Waals surface area contributed by atoms with Crippen molar-refractivity contribution in [2.45, 2.75) is 132 Å². The molecule has 0 spiro atoms. The maximum absolute atomic E-state index is 2.37. The lowest BCUT2D eigenvalue weighted by molar-refractivity contribution is 0.569. The third kappa shape index (κ3) is 7.84. The Kier molecular flexibility index (Phi) is 9.25. The second-order valence-electron chi connectivity index (χ2n) is 15.5. The van der Waals surface area contributed by atoms with Gasteiger partial charge in [0.2, 0.25) is 0 Å². The zero-order valence-electron chi connectivity index (χ0n) is 27.6. The van der Waals surface area contributed by atoms with Gasteiger partial charge in [-0.15, -0.1) is 0 Å². The Morgan fingerprint density at radius 3 is 0.789 bits per heavy atom. The van der Waals surface area contributed by atoms with E-state index in [1.807, 2.05) is 0 Å².